The number of rotatable bonds is 4. The molecular formula is C31H33F5N2O4S. The summed E-state index contributed by atoms with van der Waals surface area (Å²) in [7, 11) is -4.29. The Labute approximate surface area is 246 Å². The molecule has 1 unspecified atom stereocenters. The molecule has 232 valence electrons. The number of carbonyl (C=O) groups is 2. The van der Waals surface area contributed by atoms with Crippen LogP contribution in [0.5, 0.6) is 0 Å². The predicted molar refractivity (Wildman–Crippen MR) is 147 cm³/mol. The number of hydrogen-bond donors (Lipinski definition) is 1. The van der Waals surface area contributed by atoms with Gasteiger partial charge in [-0.2, -0.15) is 13.2 Å². The minimum absolute atomic E-state index is 0.00121. The van der Waals surface area contributed by atoms with Crippen molar-refractivity contribution in [2.45, 2.75) is 73.4 Å². The van der Waals surface area contributed by atoms with E-state index in [1.54, 1.807) is 4.90 Å². The van der Waals surface area contributed by atoms with Gasteiger partial charge in [-0.1, -0.05) is 18.2 Å². The first-order valence-corrected chi connectivity index (χ1v) is 16.0. The molecule has 2 aromatic carbocycles. The molecule has 43 heavy (non-hydrogen) atoms. The van der Waals surface area contributed by atoms with E-state index in [0.29, 0.717) is 51.4 Å². The number of benzene rings is 2. The number of hydrogen-bond acceptors (Lipinski definition) is 4. The van der Waals surface area contributed by atoms with Gasteiger partial charge in [0.25, 0.3) is 0 Å². The number of carbonyl (C=O) groups excluding carboxylic acids is 2. The van der Waals surface area contributed by atoms with Crippen molar-refractivity contribution in [1.82, 2.24) is 10.2 Å². The molecule has 3 fully saturated rings. The van der Waals surface area contributed by atoms with Crippen molar-refractivity contribution >= 4 is 21.7 Å². The lowest BCUT2D eigenvalue weighted by Crippen LogP contribution is -2.50. The summed E-state index contributed by atoms with van der Waals surface area (Å²) in [6.07, 6.45) is -2.76. The molecule has 4 atom stereocenters. The smallest absolute Gasteiger partial charge is 0.356 e. The molecule has 0 bridgehead atoms. The van der Waals surface area contributed by atoms with Gasteiger partial charge in [0.15, 0.2) is 9.84 Å². The van der Waals surface area contributed by atoms with Crippen molar-refractivity contribution in [3.8, 4) is 0 Å². The maximum Gasteiger partial charge on any atom is 0.426 e. The zero-order valence-electron chi connectivity index (χ0n) is 23.6. The molecule has 4 aliphatic rings. The Morgan fingerprint density at radius 1 is 1.00 bits per heavy atom. The SMILES string of the molecule is CC(F)(c1ccc2c(c1)CC[C@H]1[C@H](C(=O)N3CCC4(CC3)CNC(=O)C4)CC[C@@]21S(=O)(=O)c1ccc(F)cc1)C(F)(F)F. The average Bonchev–Trinajstić information content (AvgIpc) is 3.54. The summed E-state index contributed by atoms with van der Waals surface area (Å²) in [4.78, 5) is 27.4. The number of sulfone groups is 1. The van der Waals surface area contributed by atoms with Crippen LogP contribution >= 0.6 is 0 Å². The number of nitrogens with one attached hydrogen (secondary N) is 1. The van der Waals surface area contributed by atoms with Crippen molar-refractivity contribution in [2.24, 2.45) is 17.3 Å². The Kier molecular flexibility index (Phi) is 6.98. The molecule has 2 heterocycles. The minimum Gasteiger partial charge on any atom is -0.356 e. The van der Waals surface area contributed by atoms with Gasteiger partial charge < -0.3 is 10.2 Å². The lowest BCUT2D eigenvalue weighted by molar-refractivity contribution is -0.228. The number of amides is 2. The number of aryl methyl sites for hydroxylation is 1. The fraction of sp³-hybridized carbons (Fsp3) is 0.548. The monoisotopic (exact) mass is 624 g/mol. The summed E-state index contributed by atoms with van der Waals surface area (Å²) in [5, 5.41) is 2.87. The van der Waals surface area contributed by atoms with E-state index in [4.69, 9.17) is 0 Å². The number of alkyl halides is 4. The molecule has 1 N–H and O–H groups in total. The van der Waals surface area contributed by atoms with Gasteiger partial charge >= 0.3 is 6.18 Å². The van der Waals surface area contributed by atoms with Crippen LogP contribution in [0.4, 0.5) is 22.0 Å². The van der Waals surface area contributed by atoms with Gasteiger partial charge in [0.1, 0.15) is 10.6 Å². The highest BCUT2D eigenvalue weighted by Crippen LogP contribution is 2.60. The van der Waals surface area contributed by atoms with Crippen LogP contribution < -0.4 is 5.32 Å². The fourth-order valence-corrected chi connectivity index (χ4v) is 10.4. The van der Waals surface area contributed by atoms with Crippen LogP contribution in [0.3, 0.4) is 0 Å². The third-order valence-electron chi connectivity index (χ3n) is 10.5. The van der Waals surface area contributed by atoms with Gasteiger partial charge in [-0.25, -0.2) is 17.2 Å². The number of piperidine rings is 1. The second-order valence-electron chi connectivity index (χ2n) is 12.8. The molecule has 2 aromatic rings. The van der Waals surface area contributed by atoms with E-state index in [9.17, 15) is 40.0 Å². The molecule has 2 aliphatic carbocycles. The van der Waals surface area contributed by atoms with Gasteiger partial charge in [0.2, 0.25) is 17.5 Å². The quantitative estimate of drug-likeness (QED) is 0.368. The van der Waals surface area contributed by atoms with E-state index in [-0.39, 0.29) is 53.4 Å². The van der Waals surface area contributed by atoms with Crippen LogP contribution in [-0.4, -0.2) is 50.9 Å². The Bertz CT molecular complexity index is 1570. The summed E-state index contributed by atoms with van der Waals surface area (Å²) in [6, 6.07) is 7.78. The molecule has 1 saturated carbocycles. The lowest BCUT2D eigenvalue weighted by Gasteiger charge is -2.44. The maximum absolute atomic E-state index is 15.0. The lowest BCUT2D eigenvalue weighted by atomic mass is 9.72. The average molecular weight is 625 g/mol. The molecule has 2 aliphatic heterocycles. The Morgan fingerprint density at radius 3 is 2.28 bits per heavy atom. The highest BCUT2D eigenvalue weighted by Gasteiger charge is 2.62. The molecular weight excluding hydrogens is 591 g/mol. The first-order chi connectivity index (χ1) is 20.1. The van der Waals surface area contributed by atoms with Crippen LogP contribution in [0, 0.1) is 23.1 Å². The van der Waals surface area contributed by atoms with Crippen molar-refractivity contribution in [3.63, 3.8) is 0 Å². The highest BCUT2D eigenvalue weighted by atomic mass is 32.2. The van der Waals surface area contributed by atoms with Crippen LogP contribution in [0.2, 0.25) is 0 Å². The minimum atomic E-state index is -5.17. The summed E-state index contributed by atoms with van der Waals surface area (Å²) in [5.41, 5.74) is -3.85. The fourth-order valence-electron chi connectivity index (χ4n) is 7.97. The summed E-state index contributed by atoms with van der Waals surface area (Å²) in [6.45, 7) is 1.91. The van der Waals surface area contributed by atoms with Crippen molar-refractivity contribution in [2.75, 3.05) is 19.6 Å². The molecule has 12 heteroatoms. The zero-order chi connectivity index (χ0) is 31.0. The number of fused-ring (bicyclic) bond motifs is 3. The molecule has 1 spiro atoms. The molecule has 2 saturated heterocycles. The van der Waals surface area contributed by atoms with Gasteiger partial charge in [-0.15, -0.1) is 0 Å². The largest absolute Gasteiger partial charge is 0.426 e. The van der Waals surface area contributed by atoms with E-state index in [2.05, 4.69) is 5.32 Å². The Hall–Kier alpha value is -3.02. The van der Waals surface area contributed by atoms with Crippen LogP contribution in [0.15, 0.2) is 47.4 Å². The van der Waals surface area contributed by atoms with Crippen LogP contribution in [-0.2, 0) is 36.3 Å². The zero-order valence-corrected chi connectivity index (χ0v) is 24.5. The third-order valence-corrected chi connectivity index (χ3v) is 13.1. The second-order valence-corrected chi connectivity index (χ2v) is 15.0. The first-order valence-electron chi connectivity index (χ1n) is 14.6. The molecule has 0 aromatic heterocycles. The van der Waals surface area contributed by atoms with Crippen LogP contribution in [0.1, 0.15) is 62.1 Å². The van der Waals surface area contributed by atoms with Gasteiger partial charge in [0.05, 0.1) is 4.90 Å². The van der Waals surface area contributed by atoms with E-state index in [1.807, 2.05) is 0 Å². The normalized spacial score (nSPS) is 28.2. The van der Waals surface area contributed by atoms with Crippen LogP contribution in [0.25, 0.3) is 0 Å². The molecule has 0 radical (unpaired) electrons. The second kappa shape index (κ2) is 10.0. The van der Waals surface area contributed by atoms with E-state index >= 15 is 0 Å². The van der Waals surface area contributed by atoms with E-state index in [1.165, 1.54) is 6.07 Å². The standard InChI is InChI=1S/C31H33F5N2O4S/c1-28(33,31(34,35)36)20-3-9-24-19(16-20)2-8-25-23(27(40)38-14-12-29(13-15-38)17-26(39)37-18-29)10-11-30(24,25)43(41,42)22-6-4-21(32)5-7-22/h3-7,9,16,23,25H,2,8,10-15,17-18H2,1H3,(H,37,39)/t23-,25+,28?,30-/m1/s1. The maximum atomic E-state index is 15.0. The Balaban J connectivity index is 1.39. The highest BCUT2D eigenvalue weighted by molar-refractivity contribution is 7.92. The summed E-state index contributed by atoms with van der Waals surface area (Å²) < 4.78 is 96.8. The van der Waals surface area contributed by atoms with Crippen molar-refractivity contribution in [1.29, 1.82) is 0 Å². The molecule has 6 nitrogen and oxygen atoms in total. The number of nitrogens with zero attached hydrogens (tertiary/aromatic N) is 1. The predicted octanol–water partition coefficient (Wildman–Crippen LogP) is 5.34. The van der Waals surface area contributed by atoms with E-state index in [0.717, 1.165) is 36.4 Å². The number of halogens is 5. The Morgan fingerprint density at radius 2 is 1.67 bits per heavy atom. The van der Waals surface area contributed by atoms with Gasteiger partial charge in [-0.3, -0.25) is 9.59 Å². The van der Waals surface area contributed by atoms with Gasteiger partial charge in [0, 0.05) is 32.0 Å². The van der Waals surface area contributed by atoms with Crippen molar-refractivity contribution in [3.05, 3.63) is 65.0 Å². The summed E-state index contributed by atoms with van der Waals surface area (Å²) in [5.74, 6) is -2.13. The first kappa shape index (κ1) is 30.0. The topological polar surface area (TPSA) is 83.6 Å². The number of likely N-dealkylation sites (tertiary alicyclic amines) is 1. The van der Waals surface area contributed by atoms with E-state index < -0.39 is 49.6 Å². The molecule has 6 rings (SSSR count). The van der Waals surface area contributed by atoms with Crippen molar-refractivity contribution < 1.29 is 40.0 Å². The third kappa shape index (κ3) is 4.57. The summed E-state index contributed by atoms with van der Waals surface area (Å²) >= 11 is 0. The molecule has 2 amide bonds. The van der Waals surface area contributed by atoms with Gasteiger partial charge in [-0.05, 0) is 97.7 Å².